The molecule has 2 N–H and O–H groups in total. The van der Waals surface area contributed by atoms with Gasteiger partial charge in [-0.05, 0) is 36.8 Å². The van der Waals surface area contributed by atoms with E-state index in [9.17, 15) is 0 Å². The largest absolute Gasteiger partial charge is 0.384 e. The Morgan fingerprint density at radius 3 is 2.86 bits per heavy atom. The van der Waals surface area contributed by atoms with Gasteiger partial charge in [-0.3, -0.25) is 0 Å². The van der Waals surface area contributed by atoms with E-state index < -0.39 is 0 Å². The van der Waals surface area contributed by atoms with Crippen LogP contribution in [-0.2, 0) is 6.42 Å². The Balaban J connectivity index is 2.18. The summed E-state index contributed by atoms with van der Waals surface area (Å²) in [7, 11) is 0. The van der Waals surface area contributed by atoms with Gasteiger partial charge in [-0.1, -0.05) is 0 Å². The molecule has 0 atom stereocenters. The number of aryl methyl sites for hydroxylation is 1. The highest BCUT2D eigenvalue weighted by atomic mass is 32.1. The van der Waals surface area contributed by atoms with E-state index in [2.05, 4.69) is 24.0 Å². The number of rotatable bonds is 2. The molecule has 0 spiro atoms. The summed E-state index contributed by atoms with van der Waals surface area (Å²) >= 11 is 1.83. The SMILES string of the molecule is Cc1ccc(Cc2ccnc(N)c2)s1. The molecule has 0 amide bonds. The van der Waals surface area contributed by atoms with E-state index in [1.807, 2.05) is 23.5 Å². The molecule has 2 aromatic rings. The Morgan fingerprint density at radius 2 is 2.21 bits per heavy atom. The van der Waals surface area contributed by atoms with Gasteiger partial charge in [0.25, 0.3) is 0 Å². The number of anilines is 1. The van der Waals surface area contributed by atoms with Crippen LogP contribution in [0.25, 0.3) is 0 Å². The minimum absolute atomic E-state index is 0.593. The predicted molar refractivity (Wildman–Crippen MR) is 60.5 cm³/mol. The molecule has 0 unspecified atom stereocenters. The number of thiophene rings is 1. The zero-order valence-electron chi connectivity index (χ0n) is 8.03. The molecule has 2 rings (SSSR count). The summed E-state index contributed by atoms with van der Waals surface area (Å²) in [6.07, 6.45) is 2.70. The van der Waals surface area contributed by atoms with Gasteiger partial charge in [0.2, 0.25) is 0 Å². The Bertz CT molecular complexity index is 434. The average Bonchev–Trinajstić information content (AvgIpc) is 2.51. The second kappa shape index (κ2) is 3.80. The van der Waals surface area contributed by atoms with Gasteiger partial charge in [0.1, 0.15) is 5.82 Å². The van der Waals surface area contributed by atoms with Crippen LogP contribution in [0.3, 0.4) is 0 Å². The van der Waals surface area contributed by atoms with Crippen molar-refractivity contribution in [3.63, 3.8) is 0 Å². The third kappa shape index (κ3) is 2.12. The lowest BCUT2D eigenvalue weighted by atomic mass is 10.2. The van der Waals surface area contributed by atoms with Crippen LogP contribution in [-0.4, -0.2) is 4.98 Å². The Morgan fingerprint density at radius 1 is 1.36 bits per heavy atom. The molecule has 2 heterocycles. The van der Waals surface area contributed by atoms with Crippen LogP contribution >= 0.6 is 11.3 Å². The van der Waals surface area contributed by atoms with Crippen molar-refractivity contribution in [2.75, 3.05) is 5.73 Å². The fraction of sp³-hybridized carbons (Fsp3) is 0.182. The fourth-order valence-electron chi connectivity index (χ4n) is 1.39. The molecule has 0 fully saturated rings. The lowest BCUT2D eigenvalue weighted by Crippen LogP contribution is -1.92. The summed E-state index contributed by atoms with van der Waals surface area (Å²) in [5.41, 5.74) is 6.83. The molecule has 0 aliphatic heterocycles. The number of hydrogen-bond acceptors (Lipinski definition) is 3. The zero-order chi connectivity index (χ0) is 9.97. The highest BCUT2D eigenvalue weighted by Crippen LogP contribution is 2.19. The minimum Gasteiger partial charge on any atom is -0.384 e. The van der Waals surface area contributed by atoms with Gasteiger partial charge in [0.05, 0.1) is 0 Å². The summed E-state index contributed by atoms with van der Waals surface area (Å²) in [6.45, 7) is 2.12. The van der Waals surface area contributed by atoms with Gasteiger partial charge in [0.15, 0.2) is 0 Å². The highest BCUT2D eigenvalue weighted by molar-refractivity contribution is 7.11. The number of nitrogens with zero attached hydrogens (tertiary/aromatic N) is 1. The molecule has 0 bridgehead atoms. The maximum Gasteiger partial charge on any atom is 0.123 e. The van der Waals surface area contributed by atoms with Crippen LogP contribution in [0.1, 0.15) is 15.3 Å². The van der Waals surface area contributed by atoms with Gasteiger partial charge in [-0.25, -0.2) is 4.98 Å². The van der Waals surface area contributed by atoms with E-state index in [-0.39, 0.29) is 0 Å². The second-order valence-electron chi connectivity index (χ2n) is 3.28. The van der Waals surface area contributed by atoms with Crippen molar-refractivity contribution in [2.24, 2.45) is 0 Å². The number of nitrogens with two attached hydrogens (primary N) is 1. The van der Waals surface area contributed by atoms with Crippen molar-refractivity contribution >= 4 is 17.2 Å². The number of pyridine rings is 1. The minimum atomic E-state index is 0.593. The van der Waals surface area contributed by atoms with Crippen LogP contribution in [0.15, 0.2) is 30.5 Å². The molecule has 3 heteroatoms. The molecular weight excluding hydrogens is 192 g/mol. The van der Waals surface area contributed by atoms with Gasteiger partial charge in [-0.15, -0.1) is 11.3 Å². The Labute approximate surface area is 87.4 Å². The number of nitrogen functional groups attached to an aromatic ring is 1. The van der Waals surface area contributed by atoms with Crippen LogP contribution in [0.2, 0.25) is 0 Å². The third-order valence-corrected chi connectivity index (χ3v) is 3.02. The zero-order valence-corrected chi connectivity index (χ0v) is 8.84. The fourth-order valence-corrected chi connectivity index (χ4v) is 2.31. The summed E-state index contributed by atoms with van der Waals surface area (Å²) in [4.78, 5) is 6.69. The monoisotopic (exact) mass is 204 g/mol. The van der Waals surface area contributed by atoms with Gasteiger partial charge < -0.3 is 5.73 Å². The first-order valence-corrected chi connectivity index (χ1v) is 5.31. The van der Waals surface area contributed by atoms with Crippen LogP contribution in [0.4, 0.5) is 5.82 Å². The molecule has 72 valence electrons. The first kappa shape index (κ1) is 9.21. The highest BCUT2D eigenvalue weighted by Gasteiger charge is 1.99. The molecule has 0 aromatic carbocycles. The summed E-state index contributed by atoms with van der Waals surface area (Å²) in [5, 5.41) is 0. The molecule has 2 aromatic heterocycles. The molecular formula is C11H12N2S. The molecule has 0 saturated carbocycles. The molecule has 0 aliphatic rings. The van der Waals surface area contributed by atoms with Gasteiger partial charge in [-0.2, -0.15) is 0 Å². The summed E-state index contributed by atoms with van der Waals surface area (Å²) < 4.78 is 0. The lowest BCUT2D eigenvalue weighted by Gasteiger charge is -1.98. The topological polar surface area (TPSA) is 38.9 Å². The van der Waals surface area contributed by atoms with E-state index in [0.717, 1.165) is 6.42 Å². The smallest absolute Gasteiger partial charge is 0.123 e. The van der Waals surface area contributed by atoms with Crippen molar-refractivity contribution in [2.45, 2.75) is 13.3 Å². The molecule has 0 aliphatic carbocycles. The first-order chi connectivity index (χ1) is 6.74. The van der Waals surface area contributed by atoms with Crippen LogP contribution in [0.5, 0.6) is 0 Å². The average molecular weight is 204 g/mol. The van der Waals surface area contributed by atoms with E-state index >= 15 is 0 Å². The van der Waals surface area contributed by atoms with Crippen molar-refractivity contribution in [1.82, 2.24) is 4.98 Å². The van der Waals surface area contributed by atoms with E-state index in [4.69, 9.17) is 5.73 Å². The standard InChI is InChI=1S/C11H12N2S/c1-8-2-3-10(14-8)6-9-4-5-13-11(12)7-9/h2-5,7H,6H2,1H3,(H2,12,13). The van der Waals surface area contributed by atoms with E-state index in [0.29, 0.717) is 5.82 Å². The second-order valence-corrected chi connectivity index (χ2v) is 4.65. The first-order valence-electron chi connectivity index (χ1n) is 4.50. The normalized spacial score (nSPS) is 10.4. The molecule has 14 heavy (non-hydrogen) atoms. The lowest BCUT2D eigenvalue weighted by molar-refractivity contribution is 1.20. The van der Waals surface area contributed by atoms with Crippen molar-refractivity contribution < 1.29 is 0 Å². The maximum absolute atomic E-state index is 5.61. The Hall–Kier alpha value is -1.35. The van der Waals surface area contributed by atoms with Crippen LogP contribution < -0.4 is 5.73 Å². The third-order valence-electron chi connectivity index (χ3n) is 2.02. The summed E-state index contributed by atoms with van der Waals surface area (Å²) in [6, 6.07) is 8.24. The van der Waals surface area contributed by atoms with Crippen LogP contribution in [0, 0.1) is 6.92 Å². The Kier molecular flexibility index (Phi) is 2.50. The molecule has 2 nitrogen and oxygen atoms in total. The van der Waals surface area contributed by atoms with E-state index in [1.165, 1.54) is 15.3 Å². The predicted octanol–water partition coefficient (Wildman–Crippen LogP) is 2.62. The van der Waals surface area contributed by atoms with Gasteiger partial charge in [0, 0.05) is 22.4 Å². The molecule has 0 radical (unpaired) electrons. The quantitative estimate of drug-likeness (QED) is 0.816. The maximum atomic E-state index is 5.61. The number of aromatic nitrogens is 1. The van der Waals surface area contributed by atoms with Crippen molar-refractivity contribution in [3.8, 4) is 0 Å². The van der Waals surface area contributed by atoms with Crippen molar-refractivity contribution in [3.05, 3.63) is 45.8 Å². The van der Waals surface area contributed by atoms with E-state index in [1.54, 1.807) is 6.20 Å². The molecule has 0 saturated heterocycles. The summed E-state index contributed by atoms with van der Waals surface area (Å²) in [5.74, 6) is 0.593. The van der Waals surface area contributed by atoms with Crippen molar-refractivity contribution in [1.29, 1.82) is 0 Å². The van der Waals surface area contributed by atoms with Gasteiger partial charge >= 0.3 is 0 Å². The number of hydrogen-bond donors (Lipinski definition) is 1.